The van der Waals surface area contributed by atoms with Crippen molar-refractivity contribution in [2.75, 3.05) is 33.2 Å². The van der Waals surface area contributed by atoms with Crippen LogP contribution in [-0.2, 0) is 17.1 Å². The molecule has 1 fully saturated rings. The molecular formula is C24H57IN2O4Si4. The molecule has 0 bridgehead atoms. The second kappa shape index (κ2) is 15.5. The van der Waals surface area contributed by atoms with E-state index in [9.17, 15) is 4.79 Å². The third-order valence-corrected chi connectivity index (χ3v) is 17.9. The van der Waals surface area contributed by atoms with E-state index < -0.39 is 33.8 Å². The normalized spacial score (nSPS) is 17.1. The van der Waals surface area contributed by atoms with E-state index in [0.717, 1.165) is 25.3 Å². The van der Waals surface area contributed by atoms with Gasteiger partial charge in [0.1, 0.15) is 0 Å². The molecule has 0 atom stereocenters. The molecule has 0 aromatic carbocycles. The summed E-state index contributed by atoms with van der Waals surface area (Å²) in [4.78, 5) is 12.4. The molecule has 0 spiro atoms. The van der Waals surface area contributed by atoms with Gasteiger partial charge >= 0.3 is 8.80 Å². The topological polar surface area (TPSA) is 56.8 Å². The number of carbonyl (C=O) groups is 1. The SMILES string of the molecule is C[N+]1(CCCCCC(=O)NCCC[Si](O[Si](C)(C)C)(O[Si](C)(C)C)O[Si](C)(C)C)CCCCC1.[I-]. The standard InChI is InChI=1S/C24H56N2O4Si4.HI/c1-26(21-15-12-16-22-26)20-14-11-13-18-24(27)25-19-17-23-34(28-31(2,3)4,29-32(5,6)7)30-33(8,9)10;/h11-23H2,1-10H3;1H. The van der Waals surface area contributed by atoms with Gasteiger partial charge in [-0.1, -0.05) is 0 Å². The number of hydrogen-bond acceptors (Lipinski definition) is 4. The first kappa shape index (κ1) is 35.9. The van der Waals surface area contributed by atoms with Crippen molar-refractivity contribution in [3.05, 3.63) is 0 Å². The number of quaternary nitrogens is 1. The van der Waals surface area contributed by atoms with E-state index in [1.165, 1.54) is 49.8 Å². The van der Waals surface area contributed by atoms with E-state index in [0.29, 0.717) is 13.0 Å². The van der Waals surface area contributed by atoms with Gasteiger partial charge in [0.25, 0.3) is 0 Å². The Labute approximate surface area is 239 Å². The molecule has 0 radical (unpaired) electrons. The van der Waals surface area contributed by atoms with Gasteiger partial charge in [0.05, 0.1) is 26.7 Å². The number of halogens is 1. The largest absolute Gasteiger partial charge is 1.00 e. The first-order valence-electron chi connectivity index (χ1n) is 13.6. The lowest BCUT2D eigenvalue weighted by Gasteiger charge is -2.43. The van der Waals surface area contributed by atoms with Crippen LogP contribution < -0.4 is 29.3 Å². The molecule has 1 N–H and O–H groups in total. The van der Waals surface area contributed by atoms with Crippen LogP contribution in [0.25, 0.3) is 0 Å². The smallest absolute Gasteiger partial charge is 0.469 e. The Kier molecular flexibility index (Phi) is 15.9. The van der Waals surface area contributed by atoms with E-state index in [1.54, 1.807) is 0 Å². The third-order valence-electron chi connectivity index (χ3n) is 5.86. The summed E-state index contributed by atoms with van der Waals surface area (Å²) in [5.74, 6) is 0.175. The molecular weight excluding hydrogens is 620 g/mol. The van der Waals surface area contributed by atoms with Gasteiger partial charge in [0.2, 0.25) is 5.91 Å². The van der Waals surface area contributed by atoms with Crippen LogP contribution in [0, 0.1) is 0 Å². The molecule has 11 heteroatoms. The first-order chi connectivity index (χ1) is 15.4. The maximum Gasteiger partial charge on any atom is 0.469 e. The zero-order valence-corrected chi connectivity index (χ0v) is 30.8. The molecule has 6 nitrogen and oxygen atoms in total. The summed E-state index contributed by atoms with van der Waals surface area (Å²) in [5, 5.41) is 3.14. The number of piperidine rings is 1. The van der Waals surface area contributed by atoms with Gasteiger partial charge in [0, 0.05) is 19.0 Å². The highest BCUT2D eigenvalue weighted by atomic mass is 127. The summed E-state index contributed by atoms with van der Waals surface area (Å²) in [6.45, 7) is 24.5. The van der Waals surface area contributed by atoms with Crippen LogP contribution in [0.3, 0.4) is 0 Å². The van der Waals surface area contributed by atoms with Crippen molar-refractivity contribution >= 4 is 39.7 Å². The zero-order chi connectivity index (χ0) is 26.1. The fourth-order valence-electron chi connectivity index (χ4n) is 4.69. The summed E-state index contributed by atoms with van der Waals surface area (Å²) in [7, 11) is -5.95. The lowest BCUT2D eigenvalue weighted by molar-refractivity contribution is -0.914. The molecule has 1 aliphatic heterocycles. The molecule has 0 aliphatic carbocycles. The molecule has 1 rings (SSSR count). The lowest BCUT2D eigenvalue weighted by atomic mass is 10.1. The average Bonchev–Trinajstić information content (AvgIpc) is 2.61. The van der Waals surface area contributed by atoms with Crippen LogP contribution >= 0.6 is 0 Å². The quantitative estimate of drug-likeness (QED) is 0.118. The molecule has 1 amide bonds. The molecule has 0 aromatic heterocycles. The van der Waals surface area contributed by atoms with E-state index >= 15 is 0 Å². The second-order valence-electron chi connectivity index (χ2n) is 13.4. The van der Waals surface area contributed by atoms with Crippen LogP contribution in [-0.4, -0.2) is 77.4 Å². The van der Waals surface area contributed by atoms with E-state index in [4.69, 9.17) is 12.3 Å². The molecule has 0 unspecified atom stereocenters. The van der Waals surface area contributed by atoms with Crippen LogP contribution in [0.15, 0.2) is 0 Å². The molecule has 1 saturated heterocycles. The molecule has 1 heterocycles. The molecule has 0 saturated carbocycles. The van der Waals surface area contributed by atoms with Crippen molar-refractivity contribution in [3.8, 4) is 0 Å². The summed E-state index contributed by atoms with van der Waals surface area (Å²) in [5.41, 5.74) is 0. The van der Waals surface area contributed by atoms with Crippen molar-refractivity contribution in [3.63, 3.8) is 0 Å². The summed E-state index contributed by atoms with van der Waals surface area (Å²) >= 11 is 0. The van der Waals surface area contributed by atoms with Crippen LogP contribution in [0.1, 0.15) is 51.4 Å². The second-order valence-corrected chi connectivity index (χ2v) is 30.4. The minimum absolute atomic E-state index is 0. The maximum atomic E-state index is 12.4. The maximum absolute atomic E-state index is 12.4. The zero-order valence-electron chi connectivity index (χ0n) is 24.7. The summed E-state index contributed by atoms with van der Waals surface area (Å²) in [6, 6.07) is 0.780. The van der Waals surface area contributed by atoms with E-state index in [2.05, 4.69) is 71.3 Å². The monoisotopic (exact) mass is 676 g/mol. The van der Waals surface area contributed by atoms with Gasteiger partial charge in [-0.3, -0.25) is 4.79 Å². The van der Waals surface area contributed by atoms with Crippen molar-refractivity contribution in [1.82, 2.24) is 5.32 Å². The van der Waals surface area contributed by atoms with Gasteiger partial charge in [-0.2, -0.15) is 0 Å². The molecule has 1 aliphatic rings. The first-order valence-corrected chi connectivity index (χ1v) is 25.8. The number of unbranched alkanes of at least 4 members (excludes halogenated alkanes) is 2. The van der Waals surface area contributed by atoms with E-state index in [-0.39, 0.29) is 29.9 Å². The van der Waals surface area contributed by atoms with Gasteiger partial charge < -0.3 is 46.1 Å². The van der Waals surface area contributed by atoms with Crippen molar-refractivity contribution < 1.29 is 45.6 Å². The van der Waals surface area contributed by atoms with Gasteiger partial charge in [-0.05, 0) is 104 Å². The highest BCUT2D eigenvalue weighted by Gasteiger charge is 2.49. The minimum Gasteiger partial charge on any atom is -1.00 e. The van der Waals surface area contributed by atoms with Gasteiger partial charge in [-0.25, -0.2) is 0 Å². The number of likely N-dealkylation sites (tertiary alicyclic amines) is 1. The fraction of sp³-hybridized carbons (Fsp3) is 0.958. The highest BCUT2D eigenvalue weighted by molar-refractivity contribution is 6.90. The van der Waals surface area contributed by atoms with Crippen molar-refractivity contribution in [2.45, 2.75) is 116 Å². The predicted octanol–water partition coefficient (Wildman–Crippen LogP) is 3.18. The lowest BCUT2D eigenvalue weighted by Crippen LogP contribution is -3.00. The Morgan fingerprint density at radius 2 is 1.23 bits per heavy atom. The number of carbonyl (C=O) groups excluding carboxylic acids is 1. The average molecular weight is 677 g/mol. The Hall–Kier alpha value is 0.908. The molecule has 35 heavy (non-hydrogen) atoms. The highest BCUT2D eigenvalue weighted by Crippen LogP contribution is 2.29. The van der Waals surface area contributed by atoms with Crippen LogP contribution in [0.5, 0.6) is 0 Å². The van der Waals surface area contributed by atoms with Gasteiger partial charge in [-0.15, -0.1) is 0 Å². The molecule has 210 valence electrons. The van der Waals surface area contributed by atoms with Crippen molar-refractivity contribution in [2.24, 2.45) is 0 Å². The van der Waals surface area contributed by atoms with Crippen LogP contribution in [0.4, 0.5) is 0 Å². The minimum atomic E-state index is -2.80. The fourth-order valence-corrected chi connectivity index (χ4v) is 19.3. The summed E-state index contributed by atoms with van der Waals surface area (Å²) in [6.07, 6.45) is 8.98. The number of nitrogens with zero attached hydrogens (tertiary/aromatic N) is 1. The third kappa shape index (κ3) is 17.9. The van der Waals surface area contributed by atoms with Gasteiger partial charge in [0.15, 0.2) is 25.0 Å². The van der Waals surface area contributed by atoms with E-state index in [1.807, 2.05) is 0 Å². The number of nitrogens with one attached hydrogen (secondary N) is 1. The van der Waals surface area contributed by atoms with Crippen LogP contribution in [0.2, 0.25) is 65.0 Å². The predicted molar refractivity (Wildman–Crippen MR) is 155 cm³/mol. The molecule has 0 aromatic rings. The summed E-state index contributed by atoms with van der Waals surface area (Å²) < 4.78 is 21.4. The number of rotatable bonds is 16. The Balaban J connectivity index is 0.0000116. The number of hydrogen-bond donors (Lipinski definition) is 1. The Bertz CT molecular complexity index is 575. The Morgan fingerprint density at radius 3 is 1.69 bits per heavy atom. The Morgan fingerprint density at radius 1 is 0.743 bits per heavy atom. The number of amides is 1. The van der Waals surface area contributed by atoms with Crippen molar-refractivity contribution in [1.29, 1.82) is 0 Å².